The van der Waals surface area contributed by atoms with Crippen molar-refractivity contribution in [3.05, 3.63) is 48.2 Å². The van der Waals surface area contributed by atoms with Gasteiger partial charge in [-0.25, -0.2) is 14.0 Å². The highest BCUT2D eigenvalue weighted by atomic mass is 32.2. The molecule has 3 saturated heterocycles. The molecule has 1 aromatic carbocycles. The predicted octanol–water partition coefficient (Wildman–Crippen LogP) is 6.21. The van der Waals surface area contributed by atoms with Gasteiger partial charge in [0.25, 0.3) is 5.67 Å². The topological polar surface area (TPSA) is 158 Å². The first-order valence-corrected chi connectivity index (χ1v) is 21.5. The molecule has 0 aliphatic carbocycles. The molecule has 1 amide bonds. The number of nitrogens with one attached hydrogen (secondary N) is 2. The maximum atomic E-state index is 16.9. The summed E-state index contributed by atoms with van der Waals surface area (Å²) in [6.07, 6.45) is 2.27. The largest absolute Gasteiger partial charge is 0.455 e. The maximum Gasteiger partial charge on any atom is 0.408 e. The number of amides is 1. The molecule has 0 saturated carbocycles. The van der Waals surface area contributed by atoms with Crippen molar-refractivity contribution in [1.82, 2.24) is 20.5 Å². The van der Waals surface area contributed by atoms with E-state index in [4.69, 9.17) is 23.7 Å². The predicted molar refractivity (Wildman–Crippen MR) is 224 cm³/mol. The summed E-state index contributed by atoms with van der Waals surface area (Å²) >= 11 is 0.250. The Kier molecular flexibility index (Phi) is 16.9. The molecule has 3 fully saturated rings. The Morgan fingerprint density at radius 1 is 1.12 bits per heavy atom. The Hall–Kier alpha value is -3.25. The van der Waals surface area contributed by atoms with Crippen LogP contribution in [0.2, 0.25) is 0 Å². The van der Waals surface area contributed by atoms with Crippen LogP contribution in [0.15, 0.2) is 42.6 Å². The van der Waals surface area contributed by atoms with E-state index in [0.717, 1.165) is 23.4 Å². The van der Waals surface area contributed by atoms with E-state index in [1.54, 1.807) is 27.0 Å². The second kappa shape index (κ2) is 20.5. The minimum Gasteiger partial charge on any atom is -0.455 e. The number of pyridine rings is 1. The Bertz CT molecular complexity index is 1770. The molecule has 13 nitrogen and oxygen atoms in total. The fourth-order valence-corrected chi connectivity index (χ4v) is 8.68. The number of ether oxygens (including phenoxy) is 5. The Balaban J connectivity index is 0.00000248. The van der Waals surface area contributed by atoms with Crippen molar-refractivity contribution >= 4 is 47.0 Å². The number of fused-ring (bicyclic) bond motifs is 2. The molecule has 0 bridgehead atoms. The summed E-state index contributed by atoms with van der Waals surface area (Å²) in [5.74, 6) is -3.94. The first-order valence-electron chi connectivity index (χ1n) is 20.3. The van der Waals surface area contributed by atoms with Crippen molar-refractivity contribution in [3.8, 4) is 0 Å². The van der Waals surface area contributed by atoms with E-state index in [2.05, 4.69) is 15.6 Å². The zero-order valence-corrected chi connectivity index (χ0v) is 37.0. The Labute approximate surface area is 351 Å². The van der Waals surface area contributed by atoms with Gasteiger partial charge in [-0.15, -0.1) is 0 Å². The fourth-order valence-electron chi connectivity index (χ4n) is 8.68. The lowest BCUT2D eigenvalue weighted by molar-refractivity contribution is -0.297. The molecule has 13 atom stereocenters. The van der Waals surface area contributed by atoms with Crippen LogP contribution in [0.1, 0.15) is 80.2 Å². The third kappa shape index (κ3) is 11.4. The number of carbonyl (C=O) groups is 3. The highest BCUT2D eigenvalue weighted by Gasteiger charge is 2.58. The van der Waals surface area contributed by atoms with Gasteiger partial charge in [-0.3, -0.25) is 9.78 Å². The van der Waals surface area contributed by atoms with Gasteiger partial charge in [0.2, 0.25) is 0 Å². The quantitative estimate of drug-likeness (QED) is 0.204. The first-order chi connectivity index (χ1) is 27.7. The molecule has 3 unspecified atom stereocenters. The molecule has 3 N–H and O–H groups in total. The monoisotopic (exact) mass is 850 g/mol. The number of hydrogen-bond acceptors (Lipinski definition) is 13. The van der Waals surface area contributed by atoms with Crippen LogP contribution < -0.4 is 10.6 Å². The summed E-state index contributed by atoms with van der Waals surface area (Å²) in [4.78, 5) is 47.3. The molecule has 330 valence electrons. The van der Waals surface area contributed by atoms with Gasteiger partial charge in [0.1, 0.15) is 12.2 Å². The van der Waals surface area contributed by atoms with E-state index in [-0.39, 0.29) is 49.3 Å². The van der Waals surface area contributed by atoms with Crippen LogP contribution in [0, 0.1) is 11.8 Å². The number of ketones is 1. The second-order valence-corrected chi connectivity index (χ2v) is 17.2. The zero-order chi connectivity index (χ0) is 43.9. The number of cyclic esters (lactones) is 1. The van der Waals surface area contributed by atoms with E-state index < -0.39 is 71.3 Å². The van der Waals surface area contributed by atoms with Crippen LogP contribution in [-0.2, 0) is 33.3 Å². The molecule has 3 aliphatic heterocycles. The number of benzene rings is 1. The van der Waals surface area contributed by atoms with Crippen LogP contribution in [0.3, 0.4) is 0 Å². The molecule has 4 heterocycles. The molecule has 2 aromatic rings. The van der Waals surface area contributed by atoms with Crippen molar-refractivity contribution in [2.24, 2.45) is 11.8 Å². The first kappa shape index (κ1) is 48.4. The van der Waals surface area contributed by atoms with Crippen LogP contribution in [0.4, 0.5) is 13.1 Å². The van der Waals surface area contributed by atoms with Crippen LogP contribution in [0.25, 0.3) is 17.0 Å². The molecule has 0 spiro atoms. The molecular weight excluding hydrogens is 787 g/mol. The number of rotatable bonds is 8. The number of halogens is 2. The van der Waals surface area contributed by atoms with Gasteiger partial charge >= 0.3 is 12.1 Å². The average Bonchev–Trinajstić information content (AvgIpc) is 3.50. The number of carbonyl (C=O) groups excluding carboxylic acids is 3. The minimum absolute atomic E-state index is 0.0718. The minimum atomic E-state index is -3.14. The standard InChI is InChI=1S/C42H61FN4O9.CH3FS/c1-11-32-42(8)34(46-39(51)56-42)27(5)44-22-24(2)21-40(6,52-18-14-15-28-20-29-16-12-13-17-30(29)45-23-28)36(26(4)35(49)41(7,43)38(50)54-32)55-37-33(48)31(47(9)10)19-25(3)53-37;1-3-2/h12-17,20,23-27,31-34,36-37,44,48H,11,18-19,21-22H2,1-10H3,(H,46,51);1H3/b15-14+;/t24-,25-,26+,27-,31?,32-,33?,34-,36-,37+,40-,41?,42-;/m1./s1. The van der Waals surface area contributed by atoms with E-state index in [0.29, 0.717) is 19.4 Å². The number of nitrogens with zero attached hydrogens (tertiary/aromatic N) is 2. The fraction of sp³-hybridized carbons (Fsp3) is 0.674. The number of hydrogen-bond donors (Lipinski definition) is 3. The Morgan fingerprint density at radius 2 is 1.80 bits per heavy atom. The van der Waals surface area contributed by atoms with E-state index in [1.165, 1.54) is 13.2 Å². The number of alkyl halides is 1. The molecule has 1 aromatic heterocycles. The van der Waals surface area contributed by atoms with E-state index in [1.807, 2.05) is 82.3 Å². The van der Waals surface area contributed by atoms with Crippen LogP contribution >= 0.6 is 12.1 Å². The molecule has 5 rings (SSSR count). The number of likely N-dealkylation sites (N-methyl/N-ethyl adjacent to an activating group) is 1. The number of esters is 1. The third-order valence-corrected chi connectivity index (χ3v) is 11.8. The van der Waals surface area contributed by atoms with Crippen molar-refractivity contribution in [2.45, 2.75) is 140 Å². The zero-order valence-electron chi connectivity index (χ0n) is 36.2. The summed E-state index contributed by atoms with van der Waals surface area (Å²) in [6.45, 7) is 13.9. The Morgan fingerprint density at radius 3 is 2.46 bits per heavy atom. The van der Waals surface area contributed by atoms with Gasteiger partial charge < -0.3 is 44.3 Å². The molecule has 3 aliphatic rings. The maximum absolute atomic E-state index is 16.9. The summed E-state index contributed by atoms with van der Waals surface area (Å²) in [5.41, 5.74) is -4.09. The van der Waals surface area contributed by atoms with Crippen molar-refractivity contribution in [3.63, 3.8) is 0 Å². The highest BCUT2D eigenvalue weighted by molar-refractivity contribution is 7.93. The second-order valence-electron chi connectivity index (χ2n) is 16.9. The van der Waals surface area contributed by atoms with Gasteiger partial charge in [0.05, 0.1) is 36.0 Å². The molecule has 16 heteroatoms. The van der Waals surface area contributed by atoms with Crippen LogP contribution in [0.5, 0.6) is 0 Å². The van der Waals surface area contributed by atoms with Crippen molar-refractivity contribution < 1.29 is 51.5 Å². The SMILES string of the molecule is CC[C@H]1OC(=O)C(C)(F)C(=O)[C@H](C)[C@@H](O[C@@H]2O[C@H](C)CC(N(C)C)C2O)[C@](C)(OC/C=C/c2cnc3ccccc3c2)C[C@@H](C)CN[C@H](C)[C@H]2NC(=O)O[C@@]21C.CSF. The van der Waals surface area contributed by atoms with E-state index >= 15 is 4.39 Å². The smallest absolute Gasteiger partial charge is 0.408 e. The lowest BCUT2D eigenvalue weighted by Gasteiger charge is -2.47. The number of aliphatic hydroxyl groups excluding tert-OH is 1. The third-order valence-electron chi connectivity index (χ3n) is 11.8. The lowest BCUT2D eigenvalue weighted by atomic mass is 9.77. The molecule has 59 heavy (non-hydrogen) atoms. The summed E-state index contributed by atoms with van der Waals surface area (Å²) in [5, 5.41) is 18.9. The summed E-state index contributed by atoms with van der Waals surface area (Å²) < 4.78 is 58.2. The average molecular weight is 851 g/mol. The normalized spacial score (nSPS) is 37.4. The number of para-hydroxylation sites is 1. The van der Waals surface area contributed by atoms with Gasteiger partial charge in [0.15, 0.2) is 17.7 Å². The van der Waals surface area contributed by atoms with Crippen LogP contribution in [-0.4, -0.2) is 132 Å². The van der Waals surface area contributed by atoms with Crippen molar-refractivity contribution in [1.29, 1.82) is 0 Å². The molecule has 0 radical (unpaired) electrons. The van der Waals surface area contributed by atoms with Gasteiger partial charge in [0, 0.05) is 48.0 Å². The van der Waals surface area contributed by atoms with Gasteiger partial charge in [-0.05, 0) is 98.1 Å². The number of aliphatic hydroxyl groups is 1. The van der Waals surface area contributed by atoms with Gasteiger partial charge in [-0.2, -0.15) is 3.89 Å². The van der Waals surface area contributed by atoms with E-state index in [9.17, 15) is 23.4 Å². The summed E-state index contributed by atoms with van der Waals surface area (Å²) in [6, 6.07) is 8.46. The number of aromatic nitrogens is 1. The summed E-state index contributed by atoms with van der Waals surface area (Å²) in [7, 11) is 3.71. The number of Topliss-reactive ketones (excluding diaryl/α,β-unsaturated/α-hetero) is 1. The lowest BCUT2D eigenvalue weighted by Crippen LogP contribution is -2.61. The van der Waals surface area contributed by atoms with Crippen molar-refractivity contribution in [2.75, 3.05) is 33.5 Å². The highest BCUT2D eigenvalue weighted by Crippen LogP contribution is 2.39. The van der Waals surface area contributed by atoms with Gasteiger partial charge in [-0.1, -0.05) is 51.1 Å². The molecular formula is C43H64F2N4O9S. The number of alkyl carbamates (subject to hydrolysis) is 1.